The lowest BCUT2D eigenvalue weighted by Gasteiger charge is -2.38. The summed E-state index contributed by atoms with van der Waals surface area (Å²) in [6.07, 6.45) is -6.41. The van der Waals surface area contributed by atoms with Crippen molar-refractivity contribution in [3.63, 3.8) is 0 Å². The molecule has 13 heavy (non-hydrogen) atoms. The van der Waals surface area contributed by atoms with E-state index in [0.29, 0.717) is 0 Å². The molecular formula is C6H13NO6. The first-order valence-corrected chi connectivity index (χ1v) is 3.78. The Labute approximate surface area is 74.3 Å². The van der Waals surface area contributed by atoms with Crippen LogP contribution in [0.3, 0.4) is 0 Å². The zero-order valence-electron chi connectivity index (χ0n) is 6.78. The molecule has 0 amide bonds. The molecule has 5 atom stereocenters. The molecule has 0 aromatic rings. The Hall–Kier alpha value is -0.280. The molecule has 0 spiro atoms. The highest BCUT2D eigenvalue weighted by Gasteiger charge is 2.44. The molecule has 1 heterocycles. The Morgan fingerprint density at radius 1 is 1.23 bits per heavy atom. The van der Waals surface area contributed by atoms with E-state index in [-0.39, 0.29) is 0 Å². The van der Waals surface area contributed by atoms with Crippen molar-refractivity contribution >= 4 is 0 Å². The fourth-order valence-electron chi connectivity index (χ4n) is 1.22. The Morgan fingerprint density at radius 2 is 1.85 bits per heavy atom. The third kappa shape index (κ3) is 1.97. The van der Waals surface area contributed by atoms with Gasteiger partial charge in [0.1, 0.15) is 18.3 Å². The normalized spacial score (nSPS) is 46.4. The predicted octanol–water partition coefficient (Wildman–Crippen LogP) is -3.32. The average molecular weight is 195 g/mol. The van der Waals surface area contributed by atoms with E-state index in [2.05, 4.69) is 4.84 Å². The van der Waals surface area contributed by atoms with E-state index in [1.54, 1.807) is 0 Å². The molecule has 1 rings (SSSR count). The quantitative estimate of drug-likeness (QED) is 0.292. The lowest BCUT2D eigenvalue weighted by atomic mass is 9.99. The molecule has 0 bridgehead atoms. The highest BCUT2D eigenvalue weighted by molar-refractivity contribution is 4.88. The first-order chi connectivity index (χ1) is 6.11. The van der Waals surface area contributed by atoms with Crippen LogP contribution in [0.5, 0.6) is 0 Å². The van der Waals surface area contributed by atoms with Gasteiger partial charge in [-0.25, -0.2) is 5.90 Å². The van der Waals surface area contributed by atoms with Crippen LogP contribution in [0.1, 0.15) is 0 Å². The summed E-state index contributed by atoms with van der Waals surface area (Å²) in [4.78, 5) is 4.21. The van der Waals surface area contributed by atoms with E-state index >= 15 is 0 Å². The summed E-state index contributed by atoms with van der Waals surface area (Å²) in [7, 11) is 0. The SMILES string of the molecule is NO[C@@H]1C(O)O[C@H](CO)[C@@H](O)[C@H]1O. The Balaban J connectivity index is 2.66. The second-order valence-electron chi connectivity index (χ2n) is 2.83. The molecular weight excluding hydrogens is 182 g/mol. The summed E-state index contributed by atoms with van der Waals surface area (Å²) >= 11 is 0. The second-order valence-corrected chi connectivity index (χ2v) is 2.83. The number of hydrogen-bond acceptors (Lipinski definition) is 7. The van der Waals surface area contributed by atoms with Crippen LogP contribution in [0.15, 0.2) is 0 Å². The topological polar surface area (TPSA) is 125 Å². The molecule has 7 heteroatoms. The van der Waals surface area contributed by atoms with Gasteiger partial charge in [-0.3, -0.25) is 4.84 Å². The van der Waals surface area contributed by atoms with Crippen molar-refractivity contribution in [2.24, 2.45) is 5.90 Å². The predicted molar refractivity (Wildman–Crippen MR) is 39.0 cm³/mol. The summed E-state index contributed by atoms with van der Waals surface area (Å²) in [5, 5.41) is 36.4. The Morgan fingerprint density at radius 3 is 2.31 bits per heavy atom. The highest BCUT2D eigenvalue weighted by Crippen LogP contribution is 2.20. The van der Waals surface area contributed by atoms with Crippen molar-refractivity contribution in [3.05, 3.63) is 0 Å². The first-order valence-electron chi connectivity index (χ1n) is 3.78. The van der Waals surface area contributed by atoms with Gasteiger partial charge in [-0.15, -0.1) is 0 Å². The van der Waals surface area contributed by atoms with E-state index in [1.165, 1.54) is 0 Å². The van der Waals surface area contributed by atoms with E-state index in [9.17, 15) is 10.2 Å². The van der Waals surface area contributed by atoms with Crippen molar-refractivity contribution in [2.75, 3.05) is 6.61 Å². The molecule has 1 unspecified atom stereocenters. The number of hydrogen-bond donors (Lipinski definition) is 5. The lowest BCUT2D eigenvalue weighted by Crippen LogP contribution is -2.59. The zero-order chi connectivity index (χ0) is 10.0. The molecule has 78 valence electrons. The van der Waals surface area contributed by atoms with Crippen molar-refractivity contribution in [2.45, 2.75) is 30.7 Å². The van der Waals surface area contributed by atoms with Crippen LogP contribution in [0.4, 0.5) is 0 Å². The van der Waals surface area contributed by atoms with Gasteiger partial charge in [-0.2, -0.15) is 0 Å². The highest BCUT2D eigenvalue weighted by atomic mass is 16.7. The third-order valence-corrected chi connectivity index (χ3v) is 2.00. The maximum Gasteiger partial charge on any atom is 0.186 e. The van der Waals surface area contributed by atoms with Crippen LogP contribution in [-0.2, 0) is 9.57 Å². The Bertz CT molecular complexity index is 167. The van der Waals surface area contributed by atoms with Crippen molar-refractivity contribution in [1.82, 2.24) is 0 Å². The molecule has 6 N–H and O–H groups in total. The minimum Gasteiger partial charge on any atom is -0.394 e. The van der Waals surface area contributed by atoms with Crippen LogP contribution in [0.25, 0.3) is 0 Å². The molecule has 1 saturated heterocycles. The van der Waals surface area contributed by atoms with Crippen LogP contribution in [0.2, 0.25) is 0 Å². The summed E-state index contributed by atoms with van der Waals surface area (Å²) < 4.78 is 4.71. The minimum absolute atomic E-state index is 0.507. The standard InChI is InChI=1S/C6H13NO6/c7-13-5-4(10)3(9)2(1-8)12-6(5)11/h2-6,8-11H,1,7H2/t2-,3-,4-,5+,6?/m1/s1. The van der Waals surface area contributed by atoms with E-state index < -0.39 is 37.3 Å². The van der Waals surface area contributed by atoms with E-state index in [1.807, 2.05) is 0 Å². The van der Waals surface area contributed by atoms with E-state index in [4.69, 9.17) is 20.8 Å². The fourth-order valence-corrected chi connectivity index (χ4v) is 1.22. The fraction of sp³-hybridized carbons (Fsp3) is 1.00. The molecule has 7 nitrogen and oxygen atoms in total. The van der Waals surface area contributed by atoms with Gasteiger partial charge in [-0.05, 0) is 0 Å². The molecule has 0 saturated carbocycles. The molecule has 1 aliphatic rings. The smallest absolute Gasteiger partial charge is 0.186 e. The third-order valence-electron chi connectivity index (χ3n) is 2.00. The summed E-state index contributed by atoms with van der Waals surface area (Å²) in [6, 6.07) is 0. The molecule has 0 radical (unpaired) electrons. The van der Waals surface area contributed by atoms with Gasteiger partial charge in [0.05, 0.1) is 6.61 Å². The summed E-state index contributed by atoms with van der Waals surface area (Å²) in [5.74, 6) is 4.76. The first kappa shape index (κ1) is 10.8. The van der Waals surface area contributed by atoms with Gasteiger partial charge < -0.3 is 25.2 Å². The number of rotatable bonds is 2. The number of aliphatic hydroxyl groups excluding tert-OH is 4. The van der Waals surface area contributed by atoms with Gasteiger partial charge in [0.2, 0.25) is 0 Å². The van der Waals surface area contributed by atoms with Gasteiger partial charge >= 0.3 is 0 Å². The number of ether oxygens (including phenoxy) is 1. The van der Waals surface area contributed by atoms with Gasteiger partial charge in [0.25, 0.3) is 0 Å². The number of aliphatic hydroxyl groups is 4. The van der Waals surface area contributed by atoms with Crippen LogP contribution < -0.4 is 5.90 Å². The lowest BCUT2D eigenvalue weighted by molar-refractivity contribution is -0.297. The van der Waals surface area contributed by atoms with Crippen molar-refractivity contribution in [3.8, 4) is 0 Å². The van der Waals surface area contributed by atoms with Crippen LogP contribution in [0, 0.1) is 0 Å². The molecule has 1 aliphatic heterocycles. The summed E-state index contributed by atoms with van der Waals surface area (Å²) in [6.45, 7) is -0.507. The Kier molecular flexibility index (Phi) is 3.56. The maximum absolute atomic E-state index is 9.30. The molecule has 0 aromatic heterocycles. The van der Waals surface area contributed by atoms with Crippen molar-refractivity contribution in [1.29, 1.82) is 0 Å². The van der Waals surface area contributed by atoms with E-state index in [0.717, 1.165) is 0 Å². The molecule has 0 aromatic carbocycles. The summed E-state index contributed by atoms with van der Waals surface area (Å²) in [5.41, 5.74) is 0. The van der Waals surface area contributed by atoms with Gasteiger partial charge in [0.15, 0.2) is 12.4 Å². The number of nitrogens with two attached hydrogens (primary N) is 1. The second kappa shape index (κ2) is 4.29. The average Bonchev–Trinajstić information content (AvgIpc) is 2.12. The minimum atomic E-state index is -1.46. The van der Waals surface area contributed by atoms with Gasteiger partial charge in [0, 0.05) is 0 Å². The van der Waals surface area contributed by atoms with Crippen LogP contribution >= 0.6 is 0 Å². The van der Waals surface area contributed by atoms with Crippen molar-refractivity contribution < 1.29 is 30.0 Å². The maximum atomic E-state index is 9.30. The molecule has 0 aliphatic carbocycles. The molecule has 1 fully saturated rings. The largest absolute Gasteiger partial charge is 0.394 e. The van der Waals surface area contributed by atoms with Gasteiger partial charge in [-0.1, -0.05) is 0 Å². The zero-order valence-corrected chi connectivity index (χ0v) is 6.78. The van der Waals surface area contributed by atoms with Crippen LogP contribution in [-0.4, -0.2) is 57.7 Å². The monoisotopic (exact) mass is 195 g/mol.